The molecule has 0 bridgehead atoms. The van der Waals surface area contributed by atoms with Crippen LogP contribution in [0.1, 0.15) is 52.4 Å². The Morgan fingerprint density at radius 3 is 2.59 bits per heavy atom. The van der Waals surface area contributed by atoms with Crippen molar-refractivity contribution in [3.63, 3.8) is 0 Å². The molecule has 1 rings (SSSR count). The van der Waals surface area contributed by atoms with Crippen molar-refractivity contribution in [3.8, 4) is 5.75 Å². The number of esters is 1. The summed E-state index contributed by atoms with van der Waals surface area (Å²) in [5.74, 6) is 0.612. The molecule has 1 radical (unpaired) electrons. The highest BCUT2D eigenvalue weighted by molar-refractivity contribution is 5.87. The first-order valence-electron chi connectivity index (χ1n) is 8.09. The van der Waals surface area contributed by atoms with E-state index in [4.69, 9.17) is 9.47 Å². The summed E-state index contributed by atoms with van der Waals surface area (Å²) in [5, 5.41) is 0. The van der Waals surface area contributed by atoms with Crippen LogP contribution in [0.15, 0.2) is 36.4 Å². The molecule has 1 unspecified atom stereocenters. The molecule has 0 aromatic heterocycles. The highest BCUT2D eigenvalue weighted by Gasteiger charge is 2.13. The normalized spacial score (nSPS) is 11.7. The summed E-state index contributed by atoms with van der Waals surface area (Å²) in [4.78, 5) is 11.6. The standard InChI is InChI=1S/C19H27O3/c1-4-11-18(22-19(20)16(2)3)14-9-6-10-15-21-17-12-7-5-8-13-17/h7-8,12-13,18H,2,4,6,9-11,14-15H2,1,3H3. The van der Waals surface area contributed by atoms with E-state index < -0.39 is 0 Å². The summed E-state index contributed by atoms with van der Waals surface area (Å²) >= 11 is 0. The van der Waals surface area contributed by atoms with E-state index in [0.717, 1.165) is 44.3 Å². The smallest absolute Gasteiger partial charge is 0.333 e. The van der Waals surface area contributed by atoms with Crippen LogP contribution >= 0.6 is 0 Å². The van der Waals surface area contributed by atoms with Crippen molar-refractivity contribution in [3.05, 3.63) is 42.5 Å². The van der Waals surface area contributed by atoms with Crippen LogP contribution in [0.4, 0.5) is 0 Å². The molecule has 1 atom stereocenters. The Morgan fingerprint density at radius 2 is 1.95 bits per heavy atom. The van der Waals surface area contributed by atoms with Gasteiger partial charge in [-0.2, -0.15) is 0 Å². The van der Waals surface area contributed by atoms with Gasteiger partial charge in [0, 0.05) is 5.57 Å². The van der Waals surface area contributed by atoms with Crippen molar-refractivity contribution in [2.45, 2.75) is 58.5 Å². The van der Waals surface area contributed by atoms with Crippen LogP contribution in [0.25, 0.3) is 0 Å². The summed E-state index contributed by atoms with van der Waals surface area (Å²) in [6.07, 6.45) is 5.97. The van der Waals surface area contributed by atoms with Crippen LogP contribution in [0.2, 0.25) is 0 Å². The van der Waals surface area contributed by atoms with Gasteiger partial charge in [-0.25, -0.2) is 4.79 Å². The molecule has 0 spiro atoms. The van der Waals surface area contributed by atoms with E-state index in [1.807, 2.05) is 24.3 Å². The van der Waals surface area contributed by atoms with E-state index in [0.29, 0.717) is 12.2 Å². The van der Waals surface area contributed by atoms with E-state index >= 15 is 0 Å². The molecule has 0 fully saturated rings. The second kappa shape index (κ2) is 10.9. The predicted octanol–water partition coefficient (Wildman–Crippen LogP) is 4.71. The number of carbonyl (C=O) groups excluding carboxylic acids is 1. The monoisotopic (exact) mass is 303 g/mol. The zero-order valence-corrected chi connectivity index (χ0v) is 13.8. The van der Waals surface area contributed by atoms with Crippen molar-refractivity contribution < 1.29 is 14.3 Å². The van der Waals surface area contributed by atoms with Crippen LogP contribution in [0.3, 0.4) is 0 Å². The number of hydrogen-bond donors (Lipinski definition) is 0. The molecular weight excluding hydrogens is 276 g/mol. The van der Waals surface area contributed by atoms with Gasteiger partial charge in [0.2, 0.25) is 0 Å². The van der Waals surface area contributed by atoms with Crippen LogP contribution < -0.4 is 4.74 Å². The van der Waals surface area contributed by atoms with Crippen molar-refractivity contribution in [2.75, 3.05) is 6.61 Å². The molecule has 0 saturated heterocycles. The minimum Gasteiger partial charge on any atom is -0.494 e. The fourth-order valence-corrected chi connectivity index (χ4v) is 2.14. The summed E-state index contributed by atoms with van der Waals surface area (Å²) in [6.45, 7) is 8.13. The first-order valence-corrected chi connectivity index (χ1v) is 8.09. The molecule has 0 amide bonds. The Hall–Kier alpha value is -1.77. The minimum absolute atomic E-state index is 0.0137. The molecule has 0 heterocycles. The van der Waals surface area contributed by atoms with E-state index in [9.17, 15) is 4.79 Å². The van der Waals surface area contributed by atoms with Gasteiger partial charge < -0.3 is 9.47 Å². The number of rotatable bonds is 11. The molecule has 22 heavy (non-hydrogen) atoms. The Balaban J connectivity index is 2.14. The number of hydrogen-bond acceptors (Lipinski definition) is 3. The van der Waals surface area contributed by atoms with Crippen LogP contribution in [0, 0.1) is 6.07 Å². The summed E-state index contributed by atoms with van der Waals surface area (Å²) in [6, 6.07) is 10.5. The lowest BCUT2D eigenvalue weighted by molar-refractivity contribution is -0.144. The highest BCUT2D eigenvalue weighted by Crippen LogP contribution is 2.14. The van der Waals surface area contributed by atoms with Gasteiger partial charge in [0.1, 0.15) is 11.9 Å². The average Bonchev–Trinajstić information content (AvgIpc) is 2.51. The molecule has 121 valence electrons. The van der Waals surface area contributed by atoms with E-state index in [1.165, 1.54) is 0 Å². The molecule has 0 saturated carbocycles. The van der Waals surface area contributed by atoms with Gasteiger partial charge in [0.15, 0.2) is 0 Å². The maximum absolute atomic E-state index is 11.6. The van der Waals surface area contributed by atoms with Crippen LogP contribution in [-0.4, -0.2) is 18.7 Å². The minimum atomic E-state index is -0.275. The molecule has 0 N–H and O–H groups in total. The largest absolute Gasteiger partial charge is 0.494 e. The number of unbranched alkanes of at least 4 members (excludes halogenated alkanes) is 2. The topological polar surface area (TPSA) is 35.5 Å². The van der Waals surface area contributed by atoms with Gasteiger partial charge in [0.25, 0.3) is 0 Å². The Kier molecular flexibility index (Phi) is 9.04. The number of benzene rings is 1. The van der Waals surface area contributed by atoms with Gasteiger partial charge in [-0.05, 0) is 57.2 Å². The van der Waals surface area contributed by atoms with E-state index in [1.54, 1.807) is 6.92 Å². The SMILES string of the molecule is C=C(C)C(=O)OC(CCC)CCCCCOc1cc[c]cc1. The fraction of sp³-hybridized carbons (Fsp3) is 0.526. The summed E-state index contributed by atoms with van der Waals surface area (Å²) in [7, 11) is 0. The molecular formula is C19H27O3. The maximum atomic E-state index is 11.6. The van der Waals surface area contributed by atoms with Gasteiger partial charge in [-0.1, -0.05) is 32.1 Å². The van der Waals surface area contributed by atoms with E-state index in [2.05, 4.69) is 19.6 Å². The maximum Gasteiger partial charge on any atom is 0.333 e. The Labute approximate surface area is 134 Å². The van der Waals surface area contributed by atoms with Gasteiger partial charge in [-0.3, -0.25) is 0 Å². The van der Waals surface area contributed by atoms with Gasteiger partial charge in [-0.15, -0.1) is 0 Å². The summed E-state index contributed by atoms with van der Waals surface area (Å²) in [5.41, 5.74) is 0.467. The molecule has 3 nitrogen and oxygen atoms in total. The zero-order chi connectivity index (χ0) is 16.2. The molecule has 1 aromatic rings. The van der Waals surface area contributed by atoms with Crippen molar-refractivity contribution in [1.82, 2.24) is 0 Å². The number of ether oxygens (including phenoxy) is 2. The molecule has 0 aliphatic heterocycles. The van der Waals surface area contributed by atoms with E-state index in [-0.39, 0.29) is 12.1 Å². The highest BCUT2D eigenvalue weighted by atomic mass is 16.5. The van der Waals surface area contributed by atoms with Crippen LogP contribution in [-0.2, 0) is 9.53 Å². The summed E-state index contributed by atoms with van der Waals surface area (Å²) < 4.78 is 11.1. The third-order valence-electron chi connectivity index (χ3n) is 3.36. The Morgan fingerprint density at radius 1 is 1.23 bits per heavy atom. The Bertz CT molecular complexity index is 439. The third kappa shape index (κ3) is 7.87. The third-order valence-corrected chi connectivity index (χ3v) is 3.36. The molecule has 0 aliphatic rings. The first-order chi connectivity index (χ1) is 10.6. The lowest BCUT2D eigenvalue weighted by atomic mass is 10.1. The number of carbonyl (C=O) groups is 1. The zero-order valence-electron chi connectivity index (χ0n) is 13.8. The van der Waals surface area contributed by atoms with Crippen molar-refractivity contribution >= 4 is 5.97 Å². The fourth-order valence-electron chi connectivity index (χ4n) is 2.14. The van der Waals surface area contributed by atoms with Crippen molar-refractivity contribution in [1.29, 1.82) is 0 Å². The van der Waals surface area contributed by atoms with Crippen molar-refractivity contribution in [2.24, 2.45) is 0 Å². The lowest BCUT2D eigenvalue weighted by Crippen LogP contribution is -2.18. The van der Waals surface area contributed by atoms with Crippen LogP contribution in [0.5, 0.6) is 5.75 Å². The molecule has 0 aliphatic carbocycles. The second-order valence-electron chi connectivity index (χ2n) is 5.53. The second-order valence-corrected chi connectivity index (χ2v) is 5.53. The molecule has 1 aromatic carbocycles. The quantitative estimate of drug-likeness (QED) is 0.337. The predicted molar refractivity (Wildman–Crippen MR) is 88.8 cm³/mol. The average molecular weight is 303 g/mol. The van der Waals surface area contributed by atoms with Gasteiger partial charge >= 0.3 is 5.97 Å². The molecule has 3 heteroatoms. The lowest BCUT2D eigenvalue weighted by Gasteiger charge is -2.17. The first kappa shape index (κ1) is 18.3. The van der Waals surface area contributed by atoms with Gasteiger partial charge in [0.05, 0.1) is 6.61 Å².